The number of nitrogens with one attached hydrogen (secondary N) is 1. The van der Waals surface area contributed by atoms with Gasteiger partial charge in [0.2, 0.25) is 5.91 Å². The van der Waals surface area contributed by atoms with Gasteiger partial charge in [0.15, 0.2) is 0 Å². The third-order valence-corrected chi connectivity index (χ3v) is 5.25. The van der Waals surface area contributed by atoms with Crippen LogP contribution in [0.2, 0.25) is 0 Å². The van der Waals surface area contributed by atoms with Gasteiger partial charge in [-0.05, 0) is 32.8 Å². The minimum atomic E-state index is -0.0156. The van der Waals surface area contributed by atoms with Crippen molar-refractivity contribution in [3.05, 3.63) is 29.8 Å². The van der Waals surface area contributed by atoms with Gasteiger partial charge < -0.3 is 15.0 Å². The van der Waals surface area contributed by atoms with Crippen LogP contribution in [0.1, 0.15) is 38.3 Å². The number of amides is 1. The summed E-state index contributed by atoms with van der Waals surface area (Å²) in [7, 11) is 1.71. The number of para-hydroxylation sites is 1. The Bertz CT molecular complexity index is 582. The van der Waals surface area contributed by atoms with Gasteiger partial charge in [-0.15, -0.1) is 12.4 Å². The van der Waals surface area contributed by atoms with Gasteiger partial charge in [0.1, 0.15) is 5.75 Å². The molecule has 2 aliphatic heterocycles. The van der Waals surface area contributed by atoms with Crippen molar-refractivity contribution in [2.45, 2.75) is 44.8 Å². The first-order chi connectivity index (χ1) is 11.6. The Balaban J connectivity index is 0.00000225. The molecule has 0 spiro atoms. The fourth-order valence-corrected chi connectivity index (χ4v) is 4.02. The maximum Gasteiger partial charge on any atom is 0.240 e. The van der Waals surface area contributed by atoms with Gasteiger partial charge in [0, 0.05) is 37.8 Å². The molecule has 0 aromatic heterocycles. The van der Waals surface area contributed by atoms with Gasteiger partial charge in [0.25, 0.3) is 0 Å². The highest BCUT2D eigenvalue weighted by Gasteiger charge is 2.39. The topological polar surface area (TPSA) is 44.8 Å². The molecule has 1 N–H and O–H groups in total. The van der Waals surface area contributed by atoms with Crippen molar-refractivity contribution in [2.75, 3.05) is 33.3 Å². The van der Waals surface area contributed by atoms with Crippen molar-refractivity contribution in [3.63, 3.8) is 0 Å². The van der Waals surface area contributed by atoms with E-state index in [9.17, 15) is 4.79 Å². The van der Waals surface area contributed by atoms with E-state index >= 15 is 0 Å². The van der Waals surface area contributed by atoms with Gasteiger partial charge in [-0.1, -0.05) is 18.2 Å². The average molecular weight is 368 g/mol. The fourth-order valence-electron chi connectivity index (χ4n) is 4.02. The van der Waals surface area contributed by atoms with Crippen LogP contribution in [-0.2, 0) is 4.79 Å². The van der Waals surface area contributed by atoms with E-state index in [-0.39, 0.29) is 36.4 Å². The molecule has 2 unspecified atom stereocenters. The summed E-state index contributed by atoms with van der Waals surface area (Å²) in [6, 6.07) is 8.60. The molecule has 25 heavy (non-hydrogen) atoms. The Kier molecular flexibility index (Phi) is 7.11. The van der Waals surface area contributed by atoms with Crippen molar-refractivity contribution in [3.8, 4) is 5.75 Å². The van der Waals surface area contributed by atoms with E-state index in [1.807, 2.05) is 23.1 Å². The second-order valence-electron chi connectivity index (χ2n) is 6.98. The molecule has 5 nitrogen and oxygen atoms in total. The lowest BCUT2D eigenvalue weighted by Gasteiger charge is -2.45. The molecule has 0 aliphatic carbocycles. The van der Waals surface area contributed by atoms with Gasteiger partial charge >= 0.3 is 0 Å². The van der Waals surface area contributed by atoms with E-state index in [0.717, 1.165) is 44.8 Å². The minimum absolute atomic E-state index is 0. The Hall–Kier alpha value is -1.30. The Morgan fingerprint density at radius 3 is 2.68 bits per heavy atom. The molecule has 2 saturated heterocycles. The highest BCUT2D eigenvalue weighted by molar-refractivity contribution is 5.85. The number of carbonyl (C=O) groups is 1. The predicted molar refractivity (Wildman–Crippen MR) is 102 cm³/mol. The molecule has 2 aliphatic rings. The quantitative estimate of drug-likeness (QED) is 0.887. The summed E-state index contributed by atoms with van der Waals surface area (Å²) >= 11 is 0. The number of piperazine rings is 1. The van der Waals surface area contributed by atoms with Crippen LogP contribution < -0.4 is 10.1 Å². The average Bonchev–Trinajstić information content (AvgIpc) is 2.61. The van der Waals surface area contributed by atoms with E-state index in [1.54, 1.807) is 7.11 Å². The molecule has 140 valence electrons. The molecule has 1 aromatic carbocycles. The van der Waals surface area contributed by atoms with Crippen LogP contribution in [0.25, 0.3) is 0 Å². The van der Waals surface area contributed by atoms with Crippen molar-refractivity contribution in [1.82, 2.24) is 15.1 Å². The number of rotatable bonds is 4. The summed E-state index contributed by atoms with van der Waals surface area (Å²) in [6.45, 7) is 7.78. The van der Waals surface area contributed by atoms with Gasteiger partial charge in [-0.3, -0.25) is 9.69 Å². The standard InChI is InChI=1S/C19H29N3O2.ClH/c1-14(2)21-11-6-8-16(19(21)23)22-12-10-20-13-17(22)15-7-4-5-9-18(15)24-3;/h4-5,7,9,14,16-17,20H,6,8,10-13H2,1-3H3;1H. The number of hydrogen-bond acceptors (Lipinski definition) is 4. The SMILES string of the molecule is COc1ccccc1C1CNCCN1C1CCCN(C(C)C)C1=O.Cl. The maximum absolute atomic E-state index is 13.0. The Morgan fingerprint density at radius 2 is 1.96 bits per heavy atom. The van der Waals surface area contributed by atoms with Crippen LogP contribution in [0.5, 0.6) is 5.75 Å². The number of nitrogens with zero attached hydrogens (tertiary/aromatic N) is 2. The first-order valence-electron chi connectivity index (χ1n) is 9.03. The highest BCUT2D eigenvalue weighted by atomic mass is 35.5. The number of methoxy groups -OCH3 is 1. The van der Waals surface area contributed by atoms with Crippen LogP contribution in [0.15, 0.2) is 24.3 Å². The molecule has 2 fully saturated rings. The first-order valence-corrected chi connectivity index (χ1v) is 9.03. The molecule has 0 saturated carbocycles. The van der Waals surface area contributed by atoms with Crippen LogP contribution in [-0.4, -0.2) is 61.1 Å². The molecule has 3 rings (SSSR count). The number of ether oxygens (including phenoxy) is 1. The monoisotopic (exact) mass is 367 g/mol. The molecule has 6 heteroatoms. The van der Waals surface area contributed by atoms with Crippen molar-refractivity contribution >= 4 is 18.3 Å². The smallest absolute Gasteiger partial charge is 0.240 e. The largest absolute Gasteiger partial charge is 0.496 e. The maximum atomic E-state index is 13.0. The van der Waals surface area contributed by atoms with Crippen molar-refractivity contribution in [2.24, 2.45) is 0 Å². The molecule has 0 radical (unpaired) electrons. The molecule has 1 amide bonds. The normalized spacial score (nSPS) is 25.0. The van der Waals surface area contributed by atoms with Gasteiger partial charge in [-0.25, -0.2) is 0 Å². The Labute approximate surface area is 157 Å². The lowest BCUT2D eigenvalue weighted by Crippen LogP contribution is -2.59. The zero-order valence-corrected chi connectivity index (χ0v) is 16.2. The molecule has 1 aromatic rings. The summed E-state index contributed by atoms with van der Waals surface area (Å²) in [5.41, 5.74) is 1.17. The van der Waals surface area contributed by atoms with Crippen LogP contribution in [0.4, 0.5) is 0 Å². The van der Waals surface area contributed by atoms with Crippen LogP contribution in [0, 0.1) is 0 Å². The van der Waals surface area contributed by atoms with E-state index in [1.165, 1.54) is 5.56 Å². The van der Waals surface area contributed by atoms with E-state index in [2.05, 4.69) is 30.1 Å². The molecule has 2 heterocycles. The number of benzene rings is 1. The fraction of sp³-hybridized carbons (Fsp3) is 0.632. The predicted octanol–water partition coefficient (Wildman–Crippen LogP) is 2.46. The lowest BCUT2D eigenvalue weighted by molar-refractivity contribution is -0.143. The van der Waals surface area contributed by atoms with Gasteiger partial charge in [-0.2, -0.15) is 0 Å². The zero-order valence-electron chi connectivity index (χ0n) is 15.4. The van der Waals surface area contributed by atoms with E-state index in [4.69, 9.17) is 4.74 Å². The molecular weight excluding hydrogens is 338 g/mol. The van der Waals surface area contributed by atoms with Crippen molar-refractivity contribution < 1.29 is 9.53 Å². The first kappa shape index (κ1) is 20.0. The van der Waals surface area contributed by atoms with E-state index < -0.39 is 0 Å². The molecule has 0 bridgehead atoms. The summed E-state index contributed by atoms with van der Waals surface area (Å²) in [5.74, 6) is 1.19. The summed E-state index contributed by atoms with van der Waals surface area (Å²) in [6.07, 6.45) is 2.03. The number of piperidine rings is 1. The zero-order chi connectivity index (χ0) is 17.1. The number of hydrogen-bond donors (Lipinski definition) is 1. The summed E-state index contributed by atoms with van der Waals surface area (Å²) < 4.78 is 5.57. The van der Waals surface area contributed by atoms with Crippen LogP contribution in [0.3, 0.4) is 0 Å². The minimum Gasteiger partial charge on any atom is -0.496 e. The number of likely N-dealkylation sites (tertiary alicyclic amines) is 1. The summed E-state index contributed by atoms with van der Waals surface area (Å²) in [5, 5.41) is 3.48. The highest BCUT2D eigenvalue weighted by Crippen LogP contribution is 2.33. The third-order valence-electron chi connectivity index (χ3n) is 5.25. The second-order valence-corrected chi connectivity index (χ2v) is 6.98. The van der Waals surface area contributed by atoms with Crippen molar-refractivity contribution in [1.29, 1.82) is 0 Å². The summed E-state index contributed by atoms with van der Waals surface area (Å²) in [4.78, 5) is 17.5. The van der Waals surface area contributed by atoms with Gasteiger partial charge in [0.05, 0.1) is 19.2 Å². The molecular formula is C19H30ClN3O2. The number of carbonyl (C=O) groups excluding carboxylic acids is 1. The lowest BCUT2D eigenvalue weighted by atomic mass is 9.95. The Morgan fingerprint density at radius 1 is 1.20 bits per heavy atom. The third kappa shape index (κ3) is 4.10. The van der Waals surface area contributed by atoms with E-state index in [0.29, 0.717) is 0 Å². The number of halogens is 1. The molecule has 2 atom stereocenters. The van der Waals surface area contributed by atoms with Crippen LogP contribution >= 0.6 is 12.4 Å². The second kappa shape index (κ2) is 8.88.